The van der Waals surface area contributed by atoms with E-state index in [4.69, 9.17) is 0 Å². The number of benzene rings is 1. The van der Waals surface area contributed by atoms with Crippen LogP contribution in [0.4, 0.5) is 0 Å². The number of nitrogens with zero attached hydrogens (tertiary/aromatic N) is 2. The van der Waals surface area contributed by atoms with Gasteiger partial charge in [-0.1, -0.05) is 31.5 Å². The molecule has 150 valence electrons. The van der Waals surface area contributed by atoms with Crippen molar-refractivity contribution in [3.63, 3.8) is 0 Å². The van der Waals surface area contributed by atoms with Gasteiger partial charge in [0.1, 0.15) is 5.03 Å². The lowest BCUT2D eigenvalue weighted by atomic mass is 9.84. The Labute approximate surface area is 176 Å². The molecule has 0 unspecified atom stereocenters. The molecule has 3 saturated heterocycles. The molecule has 1 aromatic carbocycles. The fraction of sp³-hybridized carbons (Fsp3) is 0.545. The molecule has 1 aromatic heterocycles. The fourth-order valence-electron chi connectivity index (χ4n) is 4.18. The molecule has 28 heavy (non-hydrogen) atoms. The molecule has 0 aliphatic carbocycles. The number of rotatable bonds is 8. The van der Waals surface area contributed by atoms with Gasteiger partial charge in [-0.25, -0.2) is 0 Å². The molecule has 1 N–H and O–H groups in total. The molecule has 0 saturated carbocycles. The molecular formula is C22H29N3OS2. The summed E-state index contributed by atoms with van der Waals surface area (Å²) in [7, 11) is 0. The molecule has 3 aliphatic heterocycles. The molecule has 4 nitrogen and oxygen atoms in total. The van der Waals surface area contributed by atoms with Crippen molar-refractivity contribution in [2.75, 3.05) is 19.6 Å². The van der Waals surface area contributed by atoms with E-state index < -0.39 is 0 Å². The monoisotopic (exact) mass is 415 g/mol. The van der Waals surface area contributed by atoms with Gasteiger partial charge in [0.15, 0.2) is 0 Å². The maximum absolute atomic E-state index is 12.6. The quantitative estimate of drug-likeness (QED) is 0.626. The SMILES string of the molecule is CCCCCc1cc(Sc2ccc(C(=O)N[C@H]3CN4CCC3CC4)cc2)ns1. The molecule has 1 amide bonds. The first-order valence-electron chi connectivity index (χ1n) is 10.5. The van der Waals surface area contributed by atoms with Crippen molar-refractivity contribution in [3.05, 3.63) is 40.8 Å². The van der Waals surface area contributed by atoms with E-state index in [-0.39, 0.29) is 5.91 Å². The van der Waals surface area contributed by atoms with E-state index in [1.165, 1.54) is 50.1 Å². The number of fused-ring (bicyclic) bond motifs is 3. The Balaban J connectivity index is 1.30. The van der Waals surface area contributed by atoms with Gasteiger partial charge in [-0.2, -0.15) is 4.37 Å². The number of hydrogen-bond donors (Lipinski definition) is 1. The summed E-state index contributed by atoms with van der Waals surface area (Å²) in [5.41, 5.74) is 0.749. The highest BCUT2D eigenvalue weighted by atomic mass is 32.2. The van der Waals surface area contributed by atoms with E-state index in [2.05, 4.69) is 27.6 Å². The molecular weight excluding hydrogens is 386 g/mol. The number of nitrogens with one attached hydrogen (secondary N) is 1. The van der Waals surface area contributed by atoms with Gasteiger partial charge in [0, 0.05) is 27.9 Å². The minimum absolute atomic E-state index is 0.0576. The zero-order chi connectivity index (χ0) is 19.3. The lowest BCUT2D eigenvalue weighted by molar-refractivity contribution is 0.0620. The van der Waals surface area contributed by atoms with Crippen LogP contribution < -0.4 is 5.32 Å². The summed E-state index contributed by atoms with van der Waals surface area (Å²) in [5.74, 6) is 0.710. The minimum atomic E-state index is 0.0576. The first-order chi connectivity index (χ1) is 13.7. The first-order valence-corrected chi connectivity index (χ1v) is 12.1. The van der Waals surface area contributed by atoms with Gasteiger partial charge in [-0.15, -0.1) is 0 Å². The second kappa shape index (κ2) is 9.42. The van der Waals surface area contributed by atoms with E-state index in [1.54, 1.807) is 23.3 Å². The van der Waals surface area contributed by atoms with Crippen LogP contribution in [0.1, 0.15) is 54.3 Å². The van der Waals surface area contributed by atoms with Gasteiger partial charge in [-0.3, -0.25) is 4.79 Å². The highest BCUT2D eigenvalue weighted by Gasteiger charge is 2.34. The minimum Gasteiger partial charge on any atom is -0.348 e. The second-order valence-electron chi connectivity index (χ2n) is 7.93. The summed E-state index contributed by atoms with van der Waals surface area (Å²) in [5, 5.41) is 4.32. The Hall–Kier alpha value is -1.37. The van der Waals surface area contributed by atoms with Crippen molar-refractivity contribution in [2.45, 2.75) is 61.4 Å². The molecule has 1 atom stereocenters. The number of aryl methyl sites for hydroxylation is 1. The average molecular weight is 416 g/mol. The van der Waals surface area contributed by atoms with Crippen LogP contribution in [-0.4, -0.2) is 40.9 Å². The zero-order valence-corrected chi connectivity index (χ0v) is 18.2. The van der Waals surface area contributed by atoms with Crippen LogP contribution in [0.15, 0.2) is 40.3 Å². The van der Waals surface area contributed by atoms with Gasteiger partial charge in [-0.05, 0) is 86.6 Å². The third-order valence-corrected chi connectivity index (χ3v) is 7.76. The van der Waals surface area contributed by atoms with Crippen molar-refractivity contribution in [1.82, 2.24) is 14.6 Å². The fourth-order valence-corrected chi connectivity index (χ4v) is 5.89. The molecule has 3 fully saturated rings. The predicted octanol–water partition coefficient (Wildman–Crippen LogP) is 4.85. The third-order valence-electron chi connectivity index (χ3n) is 5.88. The number of unbranched alkanes of at least 4 members (excludes halogenated alkanes) is 2. The normalized spacial score (nSPS) is 23.7. The number of hydrogen-bond acceptors (Lipinski definition) is 5. The van der Waals surface area contributed by atoms with Crippen molar-refractivity contribution in [2.24, 2.45) is 5.92 Å². The number of amides is 1. The summed E-state index contributed by atoms with van der Waals surface area (Å²) in [6.45, 7) is 5.63. The van der Waals surface area contributed by atoms with Gasteiger partial charge in [0.05, 0.1) is 0 Å². The van der Waals surface area contributed by atoms with E-state index in [9.17, 15) is 4.79 Å². The molecule has 0 spiro atoms. The number of carbonyl (C=O) groups excluding carboxylic acids is 1. The molecule has 2 bridgehead atoms. The number of aromatic nitrogens is 1. The summed E-state index contributed by atoms with van der Waals surface area (Å²) in [6, 6.07) is 10.5. The Kier molecular flexibility index (Phi) is 6.70. The largest absolute Gasteiger partial charge is 0.348 e. The van der Waals surface area contributed by atoms with Crippen LogP contribution in [0, 0.1) is 5.92 Å². The van der Waals surface area contributed by atoms with Crippen LogP contribution in [-0.2, 0) is 6.42 Å². The Morgan fingerprint density at radius 1 is 1.25 bits per heavy atom. The Morgan fingerprint density at radius 2 is 2.04 bits per heavy atom. The van der Waals surface area contributed by atoms with E-state index in [1.807, 2.05) is 24.3 Å². The number of piperidine rings is 3. The second-order valence-corrected chi connectivity index (χ2v) is 9.92. The summed E-state index contributed by atoms with van der Waals surface area (Å²) in [4.78, 5) is 17.6. The van der Waals surface area contributed by atoms with Gasteiger partial charge >= 0.3 is 0 Å². The zero-order valence-electron chi connectivity index (χ0n) is 16.5. The molecule has 2 aromatic rings. The summed E-state index contributed by atoms with van der Waals surface area (Å²) < 4.78 is 4.57. The molecule has 3 aliphatic rings. The van der Waals surface area contributed by atoms with Crippen molar-refractivity contribution in [1.29, 1.82) is 0 Å². The predicted molar refractivity (Wildman–Crippen MR) is 116 cm³/mol. The third kappa shape index (κ3) is 4.97. The van der Waals surface area contributed by atoms with Crippen LogP contribution in [0.25, 0.3) is 0 Å². The van der Waals surface area contributed by atoms with Gasteiger partial charge in [0.25, 0.3) is 5.91 Å². The van der Waals surface area contributed by atoms with Crippen LogP contribution in [0.5, 0.6) is 0 Å². The smallest absolute Gasteiger partial charge is 0.251 e. The summed E-state index contributed by atoms with van der Waals surface area (Å²) in [6.07, 6.45) is 7.34. The average Bonchev–Trinajstić information content (AvgIpc) is 3.17. The summed E-state index contributed by atoms with van der Waals surface area (Å²) >= 11 is 3.29. The van der Waals surface area contributed by atoms with Crippen molar-refractivity contribution >= 4 is 29.2 Å². The maximum atomic E-state index is 12.6. The van der Waals surface area contributed by atoms with Crippen molar-refractivity contribution in [3.8, 4) is 0 Å². The van der Waals surface area contributed by atoms with Crippen LogP contribution >= 0.6 is 23.3 Å². The first kappa shape index (κ1) is 19.9. The number of carbonyl (C=O) groups is 1. The standard InChI is InChI=1S/C22H29N3OS2/c1-2-3-4-5-19-14-21(24-28-19)27-18-8-6-17(7-9-18)22(26)23-20-15-25-12-10-16(20)11-13-25/h6-9,14,16,20H,2-5,10-13,15H2,1H3,(H,23,26)/t20-/m0/s1. The molecule has 6 heteroatoms. The van der Waals surface area contributed by atoms with E-state index in [0.29, 0.717) is 12.0 Å². The van der Waals surface area contributed by atoms with Crippen molar-refractivity contribution < 1.29 is 4.79 Å². The highest BCUT2D eigenvalue weighted by Crippen LogP contribution is 2.30. The molecule has 0 radical (unpaired) electrons. The topological polar surface area (TPSA) is 45.2 Å². The van der Waals surface area contributed by atoms with Gasteiger partial charge in [0.2, 0.25) is 0 Å². The van der Waals surface area contributed by atoms with Crippen LogP contribution in [0.3, 0.4) is 0 Å². The molecule has 4 heterocycles. The van der Waals surface area contributed by atoms with Gasteiger partial charge < -0.3 is 10.2 Å². The van der Waals surface area contributed by atoms with E-state index >= 15 is 0 Å². The lowest BCUT2D eigenvalue weighted by Gasteiger charge is -2.44. The van der Waals surface area contributed by atoms with E-state index in [0.717, 1.165) is 28.5 Å². The molecule has 5 rings (SSSR count). The van der Waals surface area contributed by atoms with Crippen LogP contribution in [0.2, 0.25) is 0 Å². The Bertz CT molecular complexity index is 781. The lowest BCUT2D eigenvalue weighted by Crippen LogP contribution is -2.57. The highest BCUT2D eigenvalue weighted by molar-refractivity contribution is 7.99. The maximum Gasteiger partial charge on any atom is 0.251 e. The Morgan fingerprint density at radius 3 is 2.71 bits per heavy atom.